The molecule has 3 rings (SSSR count). The van der Waals surface area contributed by atoms with Gasteiger partial charge in [0, 0.05) is 24.2 Å². The first-order chi connectivity index (χ1) is 12.5. The summed E-state index contributed by atoms with van der Waals surface area (Å²) in [4.78, 5) is 0.187. The number of rotatable bonds is 6. The van der Waals surface area contributed by atoms with Crippen molar-refractivity contribution in [3.63, 3.8) is 0 Å². The fourth-order valence-electron chi connectivity index (χ4n) is 3.45. The van der Waals surface area contributed by atoms with Gasteiger partial charge in [0.05, 0.1) is 7.11 Å². The van der Waals surface area contributed by atoms with Crippen LogP contribution in [0.2, 0.25) is 5.02 Å². The molecule has 1 heterocycles. The van der Waals surface area contributed by atoms with E-state index in [9.17, 15) is 8.42 Å². The van der Waals surface area contributed by atoms with Gasteiger partial charge in [-0.3, -0.25) is 0 Å². The number of nitrogens with zero attached hydrogens (tertiary/aromatic N) is 1. The fraction of sp³-hybridized carbons (Fsp3) is 0.400. The molecule has 0 atom stereocenters. The van der Waals surface area contributed by atoms with Gasteiger partial charge in [-0.15, -0.1) is 0 Å². The highest BCUT2D eigenvalue weighted by Gasteiger charge is 2.31. The van der Waals surface area contributed by atoms with Crippen molar-refractivity contribution in [1.29, 1.82) is 0 Å². The van der Waals surface area contributed by atoms with Gasteiger partial charge in [-0.2, -0.15) is 4.31 Å². The molecule has 0 aliphatic carbocycles. The Labute approximate surface area is 160 Å². The van der Waals surface area contributed by atoms with Crippen LogP contribution in [0.3, 0.4) is 0 Å². The molecule has 1 aliphatic heterocycles. The zero-order valence-electron chi connectivity index (χ0n) is 14.9. The van der Waals surface area contributed by atoms with E-state index in [2.05, 4.69) is 24.3 Å². The van der Waals surface area contributed by atoms with Crippen molar-refractivity contribution in [1.82, 2.24) is 4.31 Å². The van der Waals surface area contributed by atoms with Gasteiger partial charge in [-0.05, 0) is 49.3 Å². The Morgan fingerprint density at radius 3 is 2.46 bits per heavy atom. The minimum absolute atomic E-state index is 0.187. The van der Waals surface area contributed by atoms with Crippen molar-refractivity contribution in [2.75, 3.05) is 20.2 Å². The lowest BCUT2D eigenvalue weighted by Crippen LogP contribution is -2.38. The standard InChI is InChI=1S/C20H24ClNO3S/c1-25-19-15-18(21)9-10-20(19)26(23,24)22-13-11-17(12-14-22)8-7-16-5-3-2-4-6-16/h2-6,9-10,15,17H,7-8,11-14H2,1H3. The minimum atomic E-state index is -3.56. The molecule has 2 aromatic rings. The molecule has 140 valence electrons. The predicted octanol–water partition coefficient (Wildman–Crippen LogP) is 4.38. The molecule has 26 heavy (non-hydrogen) atoms. The molecular formula is C20H24ClNO3S. The van der Waals surface area contributed by atoms with Crippen LogP contribution in [0.25, 0.3) is 0 Å². The van der Waals surface area contributed by atoms with Gasteiger partial charge in [0.15, 0.2) is 0 Å². The van der Waals surface area contributed by atoms with E-state index in [0.29, 0.717) is 29.8 Å². The normalized spacial score (nSPS) is 16.5. The van der Waals surface area contributed by atoms with Crippen LogP contribution in [-0.4, -0.2) is 32.9 Å². The molecule has 0 N–H and O–H groups in total. The number of hydrogen-bond donors (Lipinski definition) is 0. The SMILES string of the molecule is COc1cc(Cl)ccc1S(=O)(=O)N1CCC(CCc2ccccc2)CC1. The maximum atomic E-state index is 13.0. The summed E-state index contributed by atoms with van der Waals surface area (Å²) in [5.41, 5.74) is 1.34. The van der Waals surface area contributed by atoms with Crippen LogP contribution in [0.4, 0.5) is 0 Å². The van der Waals surface area contributed by atoms with Crippen LogP contribution in [-0.2, 0) is 16.4 Å². The van der Waals surface area contributed by atoms with Crippen molar-refractivity contribution in [3.8, 4) is 5.75 Å². The second kappa shape index (κ2) is 8.42. The van der Waals surface area contributed by atoms with Crippen molar-refractivity contribution < 1.29 is 13.2 Å². The highest BCUT2D eigenvalue weighted by atomic mass is 35.5. The third-order valence-electron chi connectivity index (χ3n) is 5.00. The molecule has 4 nitrogen and oxygen atoms in total. The fourth-order valence-corrected chi connectivity index (χ4v) is 5.22. The number of ether oxygens (including phenoxy) is 1. The number of hydrogen-bond acceptors (Lipinski definition) is 3. The second-order valence-corrected chi connectivity index (χ2v) is 9.01. The molecule has 1 fully saturated rings. The Morgan fingerprint density at radius 1 is 1.12 bits per heavy atom. The topological polar surface area (TPSA) is 46.6 Å². The van der Waals surface area contributed by atoms with Crippen LogP contribution in [0.5, 0.6) is 5.75 Å². The summed E-state index contributed by atoms with van der Waals surface area (Å²) >= 11 is 5.95. The Morgan fingerprint density at radius 2 is 1.81 bits per heavy atom. The maximum Gasteiger partial charge on any atom is 0.246 e. The molecule has 6 heteroatoms. The van der Waals surface area contributed by atoms with Gasteiger partial charge in [0.1, 0.15) is 10.6 Å². The second-order valence-electron chi connectivity index (χ2n) is 6.67. The van der Waals surface area contributed by atoms with Crippen LogP contribution in [0.15, 0.2) is 53.4 Å². The van der Waals surface area contributed by atoms with Gasteiger partial charge < -0.3 is 4.74 Å². The predicted molar refractivity (Wildman–Crippen MR) is 104 cm³/mol. The number of aryl methyl sites for hydroxylation is 1. The molecule has 0 radical (unpaired) electrons. The number of sulfonamides is 1. The number of halogens is 1. The van der Waals surface area contributed by atoms with E-state index in [0.717, 1.165) is 25.7 Å². The summed E-state index contributed by atoms with van der Waals surface area (Å²) < 4.78 is 32.7. The first-order valence-corrected chi connectivity index (χ1v) is 10.7. The lowest BCUT2D eigenvalue weighted by atomic mass is 9.91. The first-order valence-electron chi connectivity index (χ1n) is 8.88. The number of methoxy groups -OCH3 is 1. The van der Waals surface area contributed by atoms with E-state index < -0.39 is 10.0 Å². The monoisotopic (exact) mass is 393 g/mol. The summed E-state index contributed by atoms with van der Waals surface area (Å²) in [6.45, 7) is 1.10. The van der Waals surface area contributed by atoms with Crippen molar-refractivity contribution in [3.05, 3.63) is 59.1 Å². The molecule has 0 saturated carbocycles. The molecule has 0 bridgehead atoms. The molecular weight excluding hydrogens is 370 g/mol. The molecule has 0 amide bonds. The summed E-state index contributed by atoms with van der Waals surface area (Å²) in [6.07, 6.45) is 3.93. The minimum Gasteiger partial charge on any atom is -0.495 e. The van der Waals surface area contributed by atoms with Gasteiger partial charge in [0.2, 0.25) is 10.0 Å². The first kappa shape index (κ1) is 19.2. The van der Waals surface area contributed by atoms with E-state index >= 15 is 0 Å². The van der Waals surface area contributed by atoms with Crippen molar-refractivity contribution in [2.24, 2.45) is 5.92 Å². The molecule has 2 aromatic carbocycles. The van der Waals surface area contributed by atoms with E-state index in [1.54, 1.807) is 16.4 Å². The van der Waals surface area contributed by atoms with Crippen LogP contribution < -0.4 is 4.74 Å². The van der Waals surface area contributed by atoms with Gasteiger partial charge in [-0.25, -0.2) is 8.42 Å². The summed E-state index contributed by atoms with van der Waals surface area (Å²) in [5, 5.41) is 0.459. The quantitative estimate of drug-likeness (QED) is 0.731. The third kappa shape index (κ3) is 4.40. The largest absolute Gasteiger partial charge is 0.495 e. The highest BCUT2D eigenvalue weighted by Crippen LogP contribution is 2.32. The Hall–Kier alpha value is -1.56. The maximum absolute atomic E-state index is 13.0. The van der Waals surface area contributed by atoms with Gasteiger partial charge >= 0.3 is 0 Å². The van der Waals surface area contributed by atoms with E-state index in [1.165, 1.54) is 18.7 Å². The van der Waals surface area contributed by atoms with E-state index in [4.69, 9.17) is 16.3 Å². The van der Waals surface area contributed by atoms with E-state index in [-0.39, 0.29) is 4.90 Å². The smallest absolute Gasteiger partial charge is 0.246 e. The molecule has 0 spiro atoms. The number of benzene rings is 2. The Balaban J connectivity index is 1.62. The Bertz CT molecular complexity index is 831. The summed E-state index contributed by atoms with van der Waals surface area (Å²) in [7, 11) is -2.10. The zero-order chi connectivity index (χ0) is 18.6. The molecule has 0 unspecified atom stereocenters. The molecule has 1 saturated heterocycles. The lowest BCUT2D eigenvalue weighted by molar-refractivity contribution is 0.263. The van der Waals surface area contributed by atoms with Crippen LogP contribution >= 0.6 is 11.6 Å². The highest BCUT2D eigenvalue weighted by molar-refractivity contribution is 7.89. The van der Waals surface area contributed by atoms with Crippen molar-refractivity contribution in [2.45, 2.75) is 30.6 Å². The average molecular weight is 394 g/mol. The molecule has 1 aliphatic rings. The zero-order valence-corrected chi connectivity index (χ0v) is 16.5. The summed E-state index contributed by atoms with van der Waals surface area (Å²) in [6, 6.07) is 15.1. The average Bonchev–Trinajstić information content (AvgIpc) is 2.67. The molecule has 0 aromatic heterocycles. The van der Waals surface area contributed by atoms with Crippen LogP contribution in [0, 0.1) is 5.92 Å². The lowest BCUT2D eigenvalue weighted by Gasteiger charge is -2.31. The van der Waals surface area contributed by atoms with Gasteiger partial charge in [0.25, 0.3) is 0 Å². The Kier molecular flexibility index (Phi) is 6.22. The van der Waals surface area contributed by atoms with Gasteiger partial charge in [-0.1, -0.05) is 41.9 Å². The van der Waals surface area contributed by atoms with E-state index in [1.807, 2.05) is 6.07 Å². The third-order valence-corrected chi connectivity index (χ3v) is 7.17. The van der Waals surface area contributed by atoms with Crippen LogP contribution in [0.1, 0.15) is 24.8 Å². The number of piperidine rings is 1. The van der Waals surface area contributed by atoms with Crippen molar-refractivity contribution >= 4 is 21.6 Å². The summed E-state index contributed by atoms with van der Waals surface area (Å²) in [5.74, 6) is 0.859.